The molecule has 7 heteroatoms. The average molecular weight is 396 g/mol. The molecule has 0 unspecified atom stereocenters. The van der Waals surface area contributed by atoms with Gasteiger partial charge in [0.25, 0.3) is 5.91 Å². The van der Waals surface area contributed by atoms with Crippen LogP contribution in [0.1, 0.15) is 50.6 Å². The van der Waals surface area contributed by atoms with Gasteiger partial charge in [0.05, 0.1) is 18.2 Å². The van der Waals surface area contributed by atoms with E-state index in [9.17, 15) is 9.59 Å². The number of anilines is 1. The first-order valence-electron chi connectivity index (χ1n) is 8.92. The maximum Gasteiger partial charge on any atom is 0.338 e. The number of halogens is 1. The van der Waals surface area contributed by atoms with Crippen LogP contribution in [0.2, 0.25) is 5.02 Å². The number of fused-ring (bicyclic) bond motifs is 1. The smallest absolute Gasteiger partial charge is 0.338 e. The molecule has 3 aromatic rings. The maximum absolute atomic E-state index is 13.1. The summed E-state index contributed by atoms with van der Waals surface area (Å²) in [6.45, 7) is 3.97. The van der Waals surface area contributed by atoms with Crippen molar-refractivity contribution < 1.29 is 14.3 Å². The van der Waals surface area contributed by atoms with E-state index in [2.05, 4.69) is 10.2 Å². The molecular weight excluding hydrogens is 378 g/mol. The van der Waals surface area contributed by atoms with Gasteiger partial charge in [-0.2, -0.15) is 5.10 Å². The Bertz CT molecular complexity index is 1040. The van der Waals surface area contributed by atoms with Gasteiger partial charge in [0.2, 0.25) is 0 Å². The van der Waals surface area contributed by atoms with Crippen LogP contribution in [0.25, 0.3) is 0 Å². The molecule has 0 radical (unpaired) electrons. The number of amides is 1. The molecule has 1 aromatic heterocycles. The van der Waals surface area contributed by atoms with Gasteiger partial charge < -0.3 is 4.74 Å². The molecule has 1 atom stereocenters. The fourth-order valence-electron chi connectivity index (χ4n) is 3.50. The molecule has 4 rings (SSSR count). The van der Waals surface area contributed by atoms with Crippen LogP contribution in [-0.2, 0) is 4.74 Å². The highest BCUT2D eigenvalue weighted by Gasteiger charge is 2.42. The summed E-state index contributed by atoms with van der Waals surface area (Å²) in [5, 5.41) is 7.73. The lowest BCUT2D eigenvalue weighted by Gasteiger charge is -2.26. The molecule has 2 aromatic carbocycles. The first kappa shape index (κ1) is 18.3. The largest absolute Gasteiger partial charge is 0.462 e. The Morgan fingerprint density at radius 2 is 1.86 bits per heavy atom. The van der Waals surface area contributed by atoms with Crippen LogP contribution in [-0.4, -0.2) is 28.7 Å². The lowest BCUT2D eigenvalue weighted by molar-refractivity contribution is 0.0526. The van der Waals surface area contributed by atoms with E-state index in [1.807, 2.05) is 19.1 Å². The summed E-state index contributed by atoms with van der Waals surface area (Å²) in [4.78, 5) is 26.7. The van der Waals surface area contributed by atoms with Crippen molar-refractivity contribution in [2.24, 2.45) is 0 Å². The maximum atomic E-state index is 13.1. The molecule has 0 aliphatic carbocycles. The van der Waals surface area contributed by atoms with Gasteiger partial charge in [-0.05, 0) is 55.8 Å². The van der Waals surface area contributed by atoms with Gasteiger partial charge in [0.15, 0.2) is 5.69 Å². The molecule has 28 heavy (non-hydrogen) atoms. The molecule has 1 aliphatic rings. The number of rotatable bonds is 4. The predicted octanol–water partition coefficient (Wildman–Crippen LogP) is 4.30. The SMILES string of the molecule is CCOC(=O)c1ccc(N2C(=O)c3n[nH]c(C)c3[C@@H]2c2ccc(Cl)cc2)cc1. The zero-order chi connectivity index (χ0) is 19.8. The third kappa shape index (κ3) is 2.96. The highest BCUT2D eigenvalue weighted by molar-refractivity contribution is 6.30. The summed E-state index contributed by atoms with van der Waals surface area (Å²) in [5.74, 6) is -0.580. The Labute approximate surface area is 167 Å². The third-order valence-corrected chi connectivity index (χ3v) is 5.04. The van der Waals surface area contributed by atoms with Gasteiger partial charge in [-0.25, -0.2) is 4.79 Å². The number of ether oxygens (including phenoxy) is 1. The Morgan fingerprint density at radius 1 is 1.18 bits per heavy atom. The van der Waals surface area contributed by atoms with Crippen LogP contribution in [0.15, 0.2) is 48.5 Å². The molecule has 1 N–H and O–H groups in total. The van der Waals surface area contributed by atoms with Crippen molar-refractivity contribution in [3.8, 4) is 0 Å². The number of nitrogens with zero attached hydrogens (tertiary/aromatic N) is 2. The average Bonchev–Trinajstić information content (AvgIpc) is 3.21. The Hall–Kier alpha value is -3.12. The minimum atomic E-state index is -0.389. The number of hydrogen-bond donors (Lipinski definition) is 1. The number of aromatic amines is 1. The van der Waals surface area contributed by atoms with E-state index < -0.39 is 0 Å². The molecular formula is C21H18ClN3O3. The summed E-state index contributed by atoms with van der Waals surface area (Å²) >= 11 is 6.04. The van der Waals surface area contributed by atoms with Crippen molar-refractivity contribution in [3.63, 3.8) is 0 Å². The molecule has 142 valence electrons. The standard InChI is InChI=1S/C21H18ClN3O3/c1-3-28-21(27)14-6-10-16(11-7-14)25-19(13-4-8-15(22)9-5-13)17-12(2)23-24-18(17)20(25)26/h4-11,19H,3H2,1-2H3,(H,23,24)/t19-/m0/s1. The lowest BCUT2D eigenvalue weighted by atomic mass is 9.99. The van der Waals surface area contributed by atoms with E-state index in [1.54, 1.807) is 48.2 Å². The van der Waals surface area contributed by atoms with Crippen LogP contribution in [0.5, 0.6) is 0 Å². The number of carbonyl (C=O) groups is 2. The molecule has 1 aliphatic heterocycles. The number of esters is 1. The molecule has 6 nitrogen and oxygen atoms in total. The quantitative estimate of drug-likeness (QED) is 0.668. The second-order valence-corrected chi connectivity index (χ2v) is 6.94. The second kappa shape index (κ2) is 7.13. The second-order valence-electron chi connectivity index (χ2n) is 6.51. The van der Waals surface area contributed by atoms with Crippen molar-refractivity contribution in [3.05, 3.63) is 81.6 Å². The molecule has 0 saturated heterocycles. The minimum Gasteiger partial charge on any atom is -0.462 e. The first-order chi connectivity index (χ1) is 13.5. The lowest BCUT2D eigenvalue weighted by Crippen LogP contribution is -2.29. The number of hydrogen-bond acceptors (Lipinski definition) is 4. The fraction of sp³-hybridized carbons (Fsp3) is 0.190. The van der Waals surface area contributed by atoms with Gasteiger partial charge in [-0.1, -0.05) is 23.7 Å². The number of H-pyrrole nitrogens is 1. The highest BCUT2D eigenvalue weighted by atomic mass is 35.5. The van der Waals surface area contributed by atoms with Crippen molar-refractivity contribution in [1.29, 1.82) is 0 Å². The zero-order valence-electron chi connectivity index (χ0n) is 15.4. The molecule has 1 amide bonds. The number of carbonyl (C=O) groups excluding carboxylic acids is 2. The van der Waals surface area contributed by atoms with Crippen LogP contribution < -0.4 is 4.90 Å². The number of nitrogens with one attached hydrogen (secondary N) is 1. The van der Waals surface area contributed by atoms with E-state index >= 15 is 0 Å². The van der Waals surface area contributed by atoms with Crippen molar-refractivity contribution in [1.82, 2.24) is 10.2 Å². The first-order valence-corrected chi connectivity index (χ1v) is 9.30. The topological polar surface area (TPSA) is 75.3 Å². The van der Waals surface area contributed by atoms with Gasteiger partial charge in [0.1, 0.15) is 0 Å². The van der Waals surface area contributed by atoms with E-state index in [0.29, 0.717) is 28.6 Å². The highest BCUT2D eigenvalue weighted by Crippen LogP contribution is 2.42. The molecule has 2 heterocycles. The fourth-order valence-corrected chi connectivity index (χ4v) is 3.62. The van der Waals surface area contributed by atoms with Crippen LogP contribution in [0, 0.1) is 6.92 Å². The van der Waals surface area contributed by atoms with Gasteiger partial charge in [-0.15, -0.1) is 0 Å². The van der Waals surface area contributed by atoms with Crippen molar-refractivity contribution in [2.45, 2.75) is 19.9 Å². The van der Waals surface area contributed by atoms with E-state index in [0.717, 1.165) is 16.8 Å². The van der Waals surface area contributed by atoms with Crippen molar-refractivity contribution >= 4 is 29.2 Å². The van der Waals surface area contributed by atoms with Crippen LogP contribution in [0.4, 0.5) is 5.69 Å². The molecule has 0 bridgehead atoms. The number of aryl methyl sites for hydroxylation is 1. The van der Waals surface area contributed by atoms with E-state index in [1.165, 1.54) is 0 Å². The molecule has 0 saturated carbocycles. The zero-order valence-corrected chi connectivity index (χ0v) is 16.2. The number of aromatic nitrogens is 2. The Balaban J connectivity index is 1.77. The number of benzene rings is 2. The Kier molecular flexibility index (Phi) is 4.65. The molecule has 0 spiro atoms. The van der Waals surface area contributed by atoms with Gasteiger partial charge in [0, 0.05) is 22.0 Å². The van der Waals surface area contributed by atoms with Gasteiger partial charge in [-0.3, -0.25) is 14.8 Å². The Morgan fingerprint density at radius 3 is 2.50 bits per heavy atom. The minimum absolute atomic E-state index is 0.191. The van der Waals surface area contributed by atoms with Crippen LogP contribution >= 0.6 is 11.6 Å². The summed E-state index contributed by atoms with van der Waals surface area (Å²) in [5.41, 5.74) is 4.14. The van der Waals surface area contributed by atoms with E-state index in [4.69, 9.17) is 16.3 Å². The van der Waals surface area contributed by atoms with E-state index in [-0.39, 0.29) is 17.9 Å². The van der Waals surface area contributed by atoms with Gasteiger partial charge >= 0.3 is 5.97 Å². The van der Waals surface area contributed by atoms with Crippen molar-refractivity contribution in [2.75, 3.05) is 11.5 Å². The summed E-state index contributed by atoms with van der Waals surface area (Å²) in [6, 6.07) is 13.9. The van der Waals surface area contributed by atoms with Crippen LogP contribution in [0.3, 0.4) is 0 Å². The monoisotopic (exact) mass is 395 g/mol. The third-order valence-electron chi connectivity index (χ3n) is 4.79. The summed E-state index contributed by atoms with van der Waals surface area (Å²) in [6.07, 6.45) is 0. The predicted molar refractivity (Wildman–Crippen MR) is 106 cm³/mol. The summed E-state index contributed by atoms with van der Waals surface area (Å²) in [7, 11) is 0. The normalized spacial score (nSPS) is 15.6. The summed E-state index contributed by atoms with van der Waals surface area (Å²) < 4.78 is 5.02. The molecule has 0 fully saturated rings.